The number of ether oxygens (including phenoxy) is 1. The number of methoxy groups -OCH3 is 1. The number of anilines is 1. The van der Waals surface area contributed by atoms with Crippen LogP contribution in [0.15, 0.2) is 48.8 Å². The number of benzene rings is 2. The predicted octanol–water partition coefficient (Wildman–Crippen LogP) is 3.70. The quantitative estimate of drug-likeness (QED) is 0.488. The van der Waals surface area contributed by atoms with E-state index < -0.39 is 11.4 Å². The van der Waals surface area contributed by atoms with Crippen LogP contribution < -0.4 is 15.4 Å². The van der Waals surface area contributed by atoms with E-state index in [0.29, 0.717) is 25.2 Å². The van der Waals surface area contributed by atoms with E-state index in [9.17, 15) is 14.4 Å². The Balaban J connectivity index is 1.58. The van der Waals surface area contributed by atoms with Crippen molar-refractivity contribution >= 4 is 23.4 Å². The molecule has 0 aliphatic carbocycles. The van der Waals surface area contributed by atoms with Crippen molar-refractivity contribution in [3.8, 4) is 5.75 Å². The number of aryl methyl sites for hydroxylation is 2. The van der Waals surface area contributed by atoms with Gasteiger partial charge in [0.2, 0.25) is 5.91 Å². The van der Waals surface area contributed by atoms with Gasteiger partial charge in [-0.3, -0.25) is 14.4 Å². The maximum atomic E-state index is 13.7. The summed E-state index contributed by atoms with van der Waals surface area (Å²) in [6.45, 7) is 8.42. The Labute approximate surface area is 216 Å². The van der Waals surface area contributed by atoms with Crippen molar-refractivity contribution in [1.29, 1.82) is 0 Å². The van der Waals surface area contributed by atoms with Gasteiger partial charge in [-0.25, -0.2) is 4.98 Å². The normalized spacial score (nSPS) is 16.8. The second-order valence-electron chi connectivity index (χ2n) is 9.60. The molecule has 2 heterocycles. The number of hydrogen-bond acceptors (Lipinski definition) is 5. The van der Waals surface area contributed by atoms with Gasteiger partial charge >= 0.3 is 0 Å². The fraction of sp³-hybridized carbons (Fsp3) is 0.357. The third kappa shape index (κ3) is 5.07. The molecule has 0 spiro atoms. The molecule has 194 valence electrons. The number of rotatable bonds is 8. The van der Waals surface area contributed by atoms with Crippen LogP contribution in [0.5, 0.6) is 5.75 Å². The predicted molar refractivity (Wildman–Crippen MR) is 141 cm³/mol. The topological polar surface area (TPSA) is 106 Å². The molecule has 0 bridgehead atoms. The minimum absolute atomic E-state index is 0.0488. The Morgan fingerprint density at radius 1 is 1.14 bits per heavy atom. The van der Waals surface area contributed by atoms with E-state index >= 15 is 0 Å². The van der Waals surface area contributed by atoms with Gasteiger partial charge in [0.1, 0.15) is 17.0 Å². The molecule has 1 aliphatic rings. The van der Waals surface area contributed by atoms with E-state index in [1.54, 1.807) is 23.5 Å². The van der Waals surface area contributed by atoms with E-state index in [4.69, 9.17) is 4.74 Å². The smallest absolute Gasteiger partial charge is 0.276 e. The number of aromatic nitrogens is 2. The molecule has 9 nitrogen and oxygen atoms in total. The summed E-state index contributed by atoms with van der Waals surface area (Å²) < 4.78 is 6.80. The van der Waals surface area contributed by atoms with Crippen LogP contribution in [0.3, 0.4) is 0 Å². The van der Waals surface area contributed by atoms with Crippen LogP contribution in [0.1, 0.15) is 57.9 Å². The number of carbonyl (C=O) groups is 3. The number of carbonyl (C=O) groups excluding carboxylic acids is 3. The number of imidazole rings is 1. The summed E-state index contributed by atoms with van der Waals surface area (Å²) in [6, 6.07) is 13.2. The van der Waals surface area contributed by atoms with Gasteiger partial charge in [0.15, 0.2) is 5.69 Å². The highest BCUT2D eigenvalue weighted by atomic mass is 16.5. The van der Waals surface area contributed by atoms with Crippen molar-refractivity contribution in [2.75, 3.05) is 19.0 Å². The molecule has 1 aromatic heterocycles. The zero-order valence-electron chi connectivity index (χ0n) is 21.9. The summed E-state index contributed by atoms with van der Waals surface area (Å²) in [6.07, 6.45) is 2.12. The third-order valence-electron chi connectivity index (χ3n) is 6.76. The van der Waals surface area contributed by atoms with Gasteiger partial charge in [0.25, 0.3) is 11.8 Å². The van der Waals surface area contributed by atoms with E-state index in [0.717, 1.165) is 22.4 Å². The first-order valence-electron chi connectivity index (χ1n) is 12.3. The first-order valence-corrected chi connectivity index (χ1v) is 12.3. The van der Waals surface area contributed by atoms with Gasteiger partial charge in [0, 0.05) is 18.8 Å². The highest BCUT2D eigenvalue weighted by molar-refractivity contribution is 6.11. The van der Waals surface area contributed by atoms with Crippen molar-refractivity contribution in [2.45, 2.75) is 52.7 Å². The summed E-state index contributed by atoms with van der Waals surface area (Å²) in [7, 11) is 1.60. The van der Waals surface area contributed by atoms with E-state index in [-0.39, 0.29) is 29.7 Å². The van der Waals surface area contributed by atoms with E-state index in [2.05, 4.69) is 15.6 Å². The van der Waals surface area contributed by atoms with Crippen LogP contribution in [0, 0.1) is 13.8 Å². The van der Waals surface area contributed by atoms with Crippen LogP contribution in [-0.4, -0.2) is 51.4 Å². The van der Waals surface area contributed by atoms with Gasteiger partial charge in [-0.2, -0.15) is 0 Å². The van der Waals surface area contributed by atoms with Crippen LogP contribution in [0.25, 0.3) is 0 Å². The highest BCUT2D eigenvalue weighted by Gasteiger charge is 2.48. The molecule has 3 aromatic rings. The molecular formula is C28H33N5O4. The van der Waals surface area contributed by atoms with Crippen molar-refractivity contribution in [3.05, 3.63) is 76.9 Å². The zero-order chi connectivity index (χ0) is 26.7. The summed E-state index contributed by atoms with van der Waals surface area (Å²) in [5.41, 5.74) is 2.60. The molecule has 2 aromatic carbocycles. The average Bonchev–Trinajstić information content (AvgIpc) is 3.31. The average molecular weight is 504 g/mol. The maximum Gasteiger partial charge on any atom is 0.276 e. The molecule has 0 saturated carbocycles. The summed E-state index contributed by atoms with van der Waals surface area (Å²) in [5.74, 6) is -0.386. The summed E-state index contributed by atoms with van der Waals surface area (Å²) in [4.78, 5) is 46.2. The zero-order valence-corrected chi connectivity index (χ0v) is 21.9. The Morgan fingerprint density at radius 3 is 2.54 bits per heavy atom. The summed E-state index contributed by atoms with van der Waals surface area (Å²) >= 11 is 0. The fourth-order valence-corrected chi connectivity index (χ4v) is 4.60. The molecular weight excluding hydrogens is 470 g/mol. The summed E-state index contributed by atoms with van der Waals surface area (Å²) in [5, 5.41) is 5.86. The Hall–Kier alpha value is -4.14. The number of nitrogens with one attached hydrogen (secondary N) is 2. The van der Waals surface area contributed by atoms with Gasteiger partial charge in [-0.1, -0.05) is 31.2 Å². The van der Waals surface area contributed by atoms with E-state index in [1.165, 1.54) is 6.33 Å². The van der Waals surface area contributed by atoms with Crippen LogP contribution in [0.4, 0.5) is 5.69 Å². The first-order chi connectivity index (χ1) is 17.7. The van der Waals surface area contributed by atoms with Crippen molar-refractivity contribution in [2.24, 2.45) is 0 Å². The number of nitrogens with zero attached hydrogens (tertiary/aromatic N) is 3. The number of fused-ring (bicyclic) bond motifs is 1. The van der Waals surface area contributed by atoms with Crippen molar-refractivity contribution in [1.82, 2.24) is 19.8 Å². The minimum Gasteiger partial charge on any atom is -0.497 e. The molecule has 4 rings (SSSR count). The third-order valence-corrected chi connectivity index (χ3v) is 6.76. The van der Waals surface area contributed by atoms with Gasteiger partial charge in [-0.15, -0.1) is 0 Å². The first kappa shape index (κ1) is 25.9. The minimum atomic E-state index is -1.14. The van der Waals surface area contributed by atoms with Crippen molar-refractivity contribution < 1.29 is 19.1 Å². The SMILES string of the molecule is CCCN1C(=O)c2c(C(=O)Nc3cc(C)ccc3C)ncn2C[C@@]1(C)C(=O)NCc1ccc(OC)cc1. The molecule has 0 saturated heterocycles. The highest BCUT2D eigenvalue weighted by Crippen LogP contribution is 2.30. The van der Waals surface area contributed by atoms with Crippen LogP contribution >= 0.6 is 0 Å². The standard InChI is InChI=1S/C28H33N5O4/c1-6-13-33-26(35)24-23(25(34)31-22-14-18(2)7-8-19(22)3)30-17-32(24)16-28(33,4)27(36)29-15-20-9-11-21(37-5)12-10-20/h7-12,14,17H,6,13,15-16H2,1-5H3,(H,29,36)(H,31,34)/t28-/m0/s1. The van der Waals surface area contributed by atoms with Crippen LogP contribution in [-0.2, 0) is 17.9 Å². The lowest BCUT2D eigenvalue weighted by Gasteiger charge is -2.43. The molecule has 1 atom stereocenters. The molecule has 3 amide bonds. The molecule has 0 unspecified atom stereocenters. The molecule has 0 fully saturated rings. The molecule has 2 N–H and O–H groups in total. The Morgan fingerprint density at radius 2 is 1.86 bits per heavy atom. The number of hydrogen-bond donors (Lipinski definition) is 2. The fourth-order valence-electron chi connectivity index (χ4n) is 4.60. The number of amides is 3. The molecule has 0 radical (unpaired) electrons. The largest absolute Gasteiger partial charge is 0.497 e. The Kier molecular flexibility index (Phi) is 7.33. The van der Waals surface area contributed by atoms with Crippen molar-refractivity contribution in [3.63, 3.8) is 0 Å². The lowest BCUT2D eigenvalue weighted by Crippen LogP contribution is -2.64. The van der Waals surface area contributed by atoms with E-state index in [1.807, 2.05) is 63.2 Å². The molecule has 37 heavy (non-hydrogen) atoms. The Bertz CT molecular complexity index is 1330. The second kappa shape index (κ2) is 10.5. The van der Waals surface area contributed by atoms with Gasteiger partial charge in [-0.05, 0) is 62.1 Å². The van der Waals surface area contributed by atoms with Gasteiger partial charge in [0.05, 0.1) is 20.0 Å². The lowest BCUT2D eigenvalue weighted by molar-refractivity contribution is -0.133. The second-order valence-corrected chi connectivity index (χ2v) is 9.60. The van der Waals surface area contributed by atoms with Gasteiger partial charge < -0.3 is 24.8 Å². The lowest BCUT2D eigenvalue weighted by atomic mass is 9.93. The molecule has 1 aliphatic heterocycles. The molecule has 9 heteroatoms. The maximum absolute atomic E-state index is 13.7. The monoisotopic (exact) mass is 503 g/mol. The van der Waals surface area contributed by atoms with Crippen LogP contribution in [0.2, 0.25) is 0 Å².